The molecule has 2 heterocycles. The first-order chi connectivity index (χ1) is 4.96. The van der Waals surface area contributed by atoms with Gasteiger partial charge in [-0.1, -0.05) is 0 Å². The zero-order chi connectivity index (χ0) is 8.28. The van der Waals surface area contributed by atoms with Crippen LogP contribution in [-0.4, -0.2) is 23.8 Å². The van der Waals surface area contributed by atoms with E-state index in [-0.39, 0.29) is 6.42 Å². The maximum atomic E-state index is 13.2. The molecule has 4 heteroatoms. The van der Waals surface area contributed by atoms with Gasteiger partial charge in [0.15, 0.2) is 5.67 Å². The van der Waals surface area contributed by atoms with Gasteiger partial charge in [0.05, 0.1) is 6.10 Å². The summed E-state index contributed by atoms with van der Waals surface area (Å²) in [6, 6.07) is 0. The fourth-order valence-electron chi connectivity index (χ4n) is 1.83. The van der Waals surface area contributed by atoms with Gasteiger partial charge in [-0.2, -0.15) is 0 Å². The van der Waals surface area contributed by atoms with E-state index in [0.717, 1.165) is 6.92 Å². The molecule has 0 spiro atoms. The average molecular weight is 166 g/mol. The lowest BCUT2D eigenvalue weighted by Gasteiger charge is -2.30. The summed E-state index contributed by atoms with van der Waals surface area (Å²) in [5.41, 5.74) is -2.45. The molecular formula is C7H9F3O. The topological polar surface area (TPSA) is 9.23 Å². The Morgan fingerprint density at radius 1 is 1.18 bits per heavy atom. The summed E-state index contributed by atoms with van der Waals surface area (Å²) < 4.78 is 43.8. The minimum atomic E-state index is -3.28. The number of alkyl halides is 3. The molecule has 0 amide bonds. The van der Waals surface area contributed by atoms with Crippen molar-refractivity contribution in [3.63, 3.8) is 0 Å². The summed E-state index contributed by atoms with van der Waals surface area (Å²) in [7, 11) is 0. The van der Waals surface area contributed by atoms with Crippen molar-refractivity contribution < 1.29 is 17.9 Å². The van der Waals surface area contributed by atoms with Gasteiger partial charge in [-0.3, -0.25) is 0 Å². The number of halogens is 3. The Morgan fingerprint density at radius 2 is 1.73 bits per heavy atom. The Bertz CT molecular complexity index is 170. The van der Waals surface area contributed by atoms with Crippen LogP contribution in [0.15, 0.2) is 0 Å². The third-order valence-corrected chi connectivity index (χ3v) is 2.68. The lowest BCUT2D eigenvalue weighted by Crippen LogP contribution is -2.50. The molecule has 64 valence electrons. The first kappa shape index (κ1) is 7.40. The quantitative estimate of drug-likeness (QED) is 0.534. The van der Waals surface area contributed by atoms with Gasteiger partial charge in [0.1, 0.15) is 6.10 Å². The molecule has 11 heavy (non-hydrogen) atoms. The summed E-state index contributed by atoms with van der Waals surface area (Å²) in [6.07, 6.45) is -1.35. The van der Waals surface area contributed by atoms with Crippen LogP contribution in [0.4, 0.5) is 13.2 Å². The second-order valence-corrected chi connectivity index (χ2v) is 3.39. The average Bonchev–Trinajstić information content (AvgIpc) is 2.37. The van der Waals surface area contributed by atoms with E-state index in [0.29, 0.717) is 6.42 Å². The van der Waals surface area contributed by atoms with Crippen LogP contribution >= 0.6 is 0 Å². The predicted octanol–water partition coefficient (Wildman–Crippen LogP) is 1.91. The Morgan fingerprint density at radius 3 is 2.00 bits per heavy atom. The van der Waals surface area contributed by atoms with Crippen molar-refractivity contribution in [2.45, 2.75) is 43.6 Å². The molecule has 3 unspecified atom stereocenters. The molecule has 0 aromatic carbocycles. The molecule has 0 radical (unpaired) electrons. The van der Waals surface area contributed by atoms with Crippen molar-refractivity contribution in [1.29, 1.82) is 0 Å². The monoisotopic (exact) mass is 166 g/mol. The van der Waals surface area contributed by atoms with E-state index >= 15 is 0 Å². The fraction of sp³-hybridized carbons (Fsp3) is 1.00. The van der Waals surface area contributed by atoms with Crippen molar-refractivity contribution in [2.75, 3.05) is 0 Å². The van der Waals surface area contributed by atoms with Crippen LogP contribution in [-0.2, 0) is 4.74 Å². The zero-order valence-corrected chi connectivity index (χ0v) is 6.11. The van der Waals surface area contributed by atoms with Crippen LogP contribution in [0.2, 0.25) is 0 Å². The molecule has 0 saturated carbocycles. The van der Waals surface area contributed by atoms with E-state index in [4.69, 9.17) is 4.74 Å². The maximum absolute atomic E-state index is 13.2. The van der Waals surface area contributed by atoms with E-state index < -0.39 is 23.8 Å². The summed E-state index contributed by atoms with van der Waals surface area (Å²) >= 11 is 0. The summed E-state index contributed by atoms with van der Waals surface area (Å²) in [6.45, 7) is 0.927. The van der Waals surface area contributed by atoms with Crippen molar-refractivity contribution >= 4 is 0 Å². The van der Waals surface area contributed by atoms with E-state index in [1.54, 1.807) is 0 Å². The van der Waals surface area contributed by atoms with Gasteiger partial charge in [-0.15, -0.1) is 0 Å². The summed E-state index contributed by atoms with van der Waals surface area (Å²) in [4.78, 5) is 0. The number of ether oxygens (including phenoxy) is 1. The second-order valence-electron chi connectivity index (χ2n) is 3.39. The second kappa shape index (κ2) is 1.73. The van der Waals surface area contributed by atoms with E-state index in [1.165, 1.54) is 0 Å². The molecule has 2 fully saturated rings. The molecule has 2 aliphatic rings. The van der Waals surface area contributed by atoms with Crippen molar-refractivity contribution in [3.05, 3.63) is 0 Å². The predicted molar refractivity (Wildman–Crippen MR) is 32.4 cm³/mol. The standard InChI is InChI=1S/C7H9F3O/c1-6(8)4-2-3-5(11-4)7(6,9)10/h4-5H,2-3H2,1H3. The highest BCUT2D eigenvalue weighted by atomic mass is 19.3. The maximum Gasteiger partial charge on any atom is 0.309 e. The highest BCUT2D eigenvalue weighted by molar-refractivity contribution is 5.11. The Hall–Kier alpha value is -0.250. The molecule has 0 aromatic heterocycles. The van der Waals surface area contributed by atoms with Crippen LogP contribution < -0.4 is 0 Å². The van der Waals surface area contributed by atoms with Gasteiger partial charge < -0.3 is 4.74 Å². The van der Waals surface area contributed by atoms with Gasteiger partial charge in [0.2, 0.25) is 0 Å². The minimum Gasteiger partial charge on any atom is -0.365 e. The summed E-state index contributed by atoms with van der Waals surface area (Å²) in [5, 5.41) is 0. The first-order valence-electron chi connectivity index (χ1n) is 3.68. The molecule has 2 rings (SSSR count). The molecule has 0 aliphatic carbocycles. The minimum absolute atomic E-state index is 0.289. The van der Waals surface area contributed by atoms with Crippen LogP contribution in [0.3, 0.4) is 0 Å². The van der Waals surface area contributed by atoms with Crippen LogP contribution in [0.25, 0.3) is 0 Å². The molecule has 3 atom stereocenters. The SMILES string of the molecule is CC1(F)C2CCC(O2)C1(F)F. The third-order valence-electron chi connectivity index (χ3n) is 2.68. The molecule has 1 nitrogen and oxygen atoms in total. The molecule has 0 N–H and O–H groups in total. The molecule has 0 aromatic rings. The van der Waals surface area contributed by atoms with Crippen LogP contribution in [0.1, 0.15) is 19.8 Å². The van der Waals surface area contributed by atoms with Crippen molar-refractivity contribution in [2.24, 2.45) is 0 Å². The van der Waals surface area contributed by atoms with E-state index in [9.17, 15) is 13.2 Å². The van der Waals surface area contributed by atoms with Crippen LogP contribution in [0, 0.1) is 0 Å². The van der Waals surface area contributed by atoms with Gasteiger partial charge in [-0.25, -0.2) is 13.2 Å². The first-order valence-corrected chi connectivity index (χ1v) is 3.68. The highest BCUT2D eigenvalue weighted by Crippen LogP contribution is 2.53. The smallest absolute Gasteiger partial charge is 0.309 e. The zero-order valence-electron chi connectivity index (χ0n) is 6.11. The Labute approximate surface area is 62.5 Å². The molecular weight excluding hydrogens is 157 g/mol. The van der Waals surface area contributed by atoms with Crippen LogP contribution in [0.5, 0.6) is 0 Å². The third kappa shape index (κ3) is 0.662. The lowest BCUT2D eigenvalue weighted by molar-refractivity contribution is -0.136. The summed E-state index contributed by atoms with van der Waals surface area (Å²) in [5.74, 6) is -3.28. The lowest BCUT2D eigenvalue weighted by atomic mass is 9.84. The largest absolute Gasteiger partial charge is 0.365 e. The number of hydrogen-bond acceptors (Lipinski definition) is 1. The molecule has 2 aliphatic heterocycles. The van der Waals surface area contributed by atoms with Gasteiger partial charge >= 0.3 is 5.92 Å². The highest BCUT2D eigenvalue weighted by Gasteiger charge is 2.70. The Balaban J connectivity index is 2.36. The molecule has 2 saturated heterocycles. The normalized spacial score (nSPS) is 53.5. The number of fused-ring (bicyclic) bond motifs is 2. The van der Waals surface area contributed by atoms with Gasteiger partial charge in [-0.05, 0) is 19.8 Å². The number of hydrogen-bond donors (Lipinski definition) is 0. The van der Waals surface area contributed by atoms with Crippen molar-refractivity contribution in [1.82, 2.24) is 0 Å². The van der Waals surface area contributed by atoms with Crippen molar-refractivity contribution in [3.8, 4) is 0 Å². The molecule has 2 bridgehead atoms. The van der Waals surface area contributed by atoms with Gasteiger partial charge in [0, 0.05) is 0 Å². The Kier molecular flexibility index (Phi) is 1.17. The van der Waals surface area contributed by atoms with E-state index in [1.807, 2.05) is 0 Å². The number of rotatable bonds is 0. The van der Waals surface area contributed by atoms with Gasteiger partial charge in [0.25, 0.3) is 0 Å². The van der Waals surface area contributed by atoms with E-state index in [2.05, 4.69) is 0 Å². The fourth-order valence-corrected chi connectivity index (χ4v) is 1.83.